The maximum absolute atomic E-state index is 12.9. The molecule has 0 aliphatic heterocycles. The van der Waals surface area contributed by atoms with Crippen molar-refractivity contribution in [1.82, 2.24) is 4.98 Å². The predicted molar refractivity (Wildman–Crippen MR) is 68.3 cm³/mol. The number of rotatable bonds is 2. The Kier molecular flexibility index (Phi) is 3.71. The van der Waals surface area contributed by atoms with Gasteiger partial charge in [-0.2, -0.15) is 13.2 Å². The van der Waals surface area contributed by atoms with Gasteiger partial charge in [-0.25, -0.2) is 9.37 Å². The van der Waals surface area contributed by atoms with E-state index in [9.17, 15) is 17.6 Å². The molecule has 2 aromatic rings. The highest BCUT2D eigenvalue weighted by atomic mass is 35.5. The van der Waals surface area contributed by atoms with E-state index in [-0.39, 0.29) is 22.3 Å². The second kappa shape index (κ2) is 5.16. The molecule has 3 nitrogen and oxygen atoms in total. The lowest BCUT2D eigenvalue weighted by atomic mass is 10.2. The zero-order valence-corrected chi connectivity index (χ0v) is 10.6. The first kappa shape index (κ1) is 14.4. The van der Waals surface area contributed by atoms with Crippen LogP contribution >= 0.6 is 11.6 Å². The van der Waals surface area contributed by atoms with Gasteiger partial charge in [0.15, 0.2) is 0 Å². The zero-order valence-electron chi connectivity index (χ0n) is 9.80. The smallest absolute Gasteiger partial charge is 0.384 e. The molecule has 0 saturated carbocycles. The van der Waals surface area contributed by atoms with Crippen LogP contribution in [0.15, 0.2) is 30.3 Å². The molecule has 0 amide bonds. The first-order valence-corrected chi connectivity index (χ1v) is 5.70. The summed E-state index contributed by atoms with van der Waals surface area (Å²) < 4.78 is 50.8. The van der Waals surface area contributed by atoms with Crippen molar-refractivity contribution in [2.45, 2.75) is 6.18 Å². The molecule has 1 heterocycles. The summed E-state index contributed by atoms with van der Waals surface area (Å²) in [5.41, 5.74) is 4.61. The Morgan fingerprint density at radius 3 is 2.45 bits per heavy atom. The van der Waals surface area contributed by atoms with Gasteiger partial charge in [0.25, 0.3) is 0 Å². The second-order valence-corrected chi connectivity index (χ2v) is 4.32. The van der Waals surface area contributed by atoms with Crippen LogP contribution in [0.25, 0.3) is 0 Å². The molecular weight excluding hydrogens is 298 g/mol. The molecule has 8 heteroatoms. The fourth-order valence-corrected chi connectivity index (χ4v) is 1.72. The number of alkyl halides is 3. The van der Waals surface area contributed by atoms with Crippen LogP contribution in [0.1, 0.15) is 5.56 Å². The van der Waals surface area contributed by atoms with Gasteiger partial charge < -0.3 is 11.1 Å². The zero-order chi connectivity index (χ0) is 14.9. The number of hydrogen-bond donors (Lipinski definition) is 2. The molecule has 0 bridgehead atoms. The van der Waals surface area contributed by atoms with Gasteiger partial charge in [0.05, 0.1) is 16.3 Å². The van der Waals surface area contributed by atoms with Crippen molar-refractivity contribution in [1.29, 1.82) is 0 Å². The number of nitrogen functional groups attached to an aromatic ring is 1. The minimum atomic E-state index is -4.54. The van der Waals surface area contributed by atoms with Crippen LogP contribution in [0.3, 0.4) is 0 Å². The van der Waals surface area contributed by atoms with Crippen LogP contribution in [0.5, 0.6) is 0 Å². The van der Waals surface area contributed by atoms with E-state index in [2.05, 4.69) is 10.3 Å². The van der Waals surface area contributed by atoms with E-state index in [1.807, 2.05) is 0 Å². The number of nitrogens with two attached hydrogens (primary N) is 1. The molecule has 0 unspecified atom stereocenters. The third kappa shape index (κ3) is 3.30. The second-order valence-electron chi connectivity index (χ2n) is 3.91. The molecule has 2 rings (SSSR count). The van der Waals surface area contributed by atoms with Crippen LogP contribution in [0, 0.1) is 5.82 Å². The van der Waals surface area contributed by atoms with Crippen LogP contribution in [0.2, 0.25) is 5.02 Å². The molecule has 3 N–H and O–H groups in total. The maximum atomic E-state index is 12.9. The fourth-order valence-electron chi connectivity index (χ4n) is 1.51. The average molecular weight is 306 g/mol. The van der Waals surface area contributed by atoms with Gasteiger partial charge in [-0.15, -0.1) is 0 Å². The minimum absolute atomic E-state index is 0.0165. The normalized spacial score (nSPS) is 11.4. The van der Waals surface area contributed by atoms with Crippen molar-refractivity contribution in [2.24, 2.45) is 0 Å². The molecule has 0 saturated heterocycles. The Bertz CT molecular complexity index is 643. The lowest BCUT2D eigenvalue weighted by molar-refractivity contribution is -0.137. The summed E-state index contributed by atoms with van der Waals surface area (Å²) in [6.45, 7) is 0. The van der Waals surface area contributed by atoms with E-state index in [1.165, 1.54) is 6.07 Å². The summed E-state index contributed by atoms with van der Waals surface area (Å²) >= 11 is 5.77. The van der Waals surface area contributed by atoms with Crippen molar-refractivity contribution in [3.05, 3.63) is 46.7 Å². The monoisotopic (exact) mass is 305 g/mol. The number of nitrogens with zero attached hydrogens (tertiary/aromatic N) is 1. The van der Waals surface area contributed by atoms with Crippen LogP contribution in [0.4, 0.5) is 34.9 Å². The Labute approximate surface area is 116 Å². The third-order valence-corrected chi connectivity index (χ3v) is 2.68. The van der Waals surface area contributed by atoms with Crippen molar-refractivity contribution in [2.75, 3.05) is 11.1 Å². The molecular formula is C12H8ClF4N3. The third-order valence-electron chi connectivity index (χ3n) is 2.37. The van der Waals surface area contributed by atoms with E-state index in [0.717, 1.165) is 24.3 Å². The molecule has 106 valence electrons. The Hall–Kier alpha value is -2.02. The van der Waals surface area contributed by atoms with E-state index in [4.69, 9.17) is 17.3 Å². The molecule has 0 aliphatic carbocycles. The van der Waals surface area contributed by atoms with Gasteiger partial charge in [0, 0.05) is 0 Å². The van der Waals surface area contributed by atoms with Crippen LogP contribution in [-0.2, 0) is 6.18 Å². The van der Waals surface area contributed by atoms with Gasteiger partial charge in [-0.1, -0.05) is 11.6 Å². The number of hydrogen-bond acceptors (Lipinski definition) is 3. The summed E-state index contributed by atoms with van der Waals surface area (Å²) in [6.07, 6.45) is -4.54. The summed E-state index contributed by atoms with van der Waals surface area (Å²) in [6, 6.07) is 4.94. The van der Waals surface area contributed by atoms with E-state index >= 15 is 0 Å². The topological polar surface area (TPSA) is 50.9 Å². The van der Waals surface area contributed by atoms with E-state index in [1.54, 1.807) is 0 Å². The molecule has 0 fully saturated rings. The number of pyridine rings is 1. The SMILES string of the molecule is Nc1cc(C(F)(F)F)cc(Nc2ccc(F)cc2Cl)n1. The van der Waals surface area contributed by atoms with Gasteiger partial charge in [-0.3, -0.25) is 0 Å². The number of anilines is 3. The standard InChI is InChI=1S/C12H8ClF4N3/c13-8-5-7(14)1-2-9(8)19-11-4-6(12(15,16)17)3-10(18)20-11/h1-5H,(H3,18,19,20). The maximum Gasteiger partial charge on any atom is 0.416 e. The Morgan fingerprint density at radius 1 is 1.15 bits per heavy atom. The number of halogens is 5. The largest absolute Gasteiger partial charge is 0.416 e. The molecule has 1 aromatic carbocycles. The van der Waals surface area contributed by atoms with Crippen molar-refractivity contribution >= 4 is 28.9 Å². The highest BCUT2D eigenvalue weighted by Crippen LogP contribution is 2.33. The fraction of sp³-hybridized carbons (Fsp3) is 0.0833. The number of nitrogens with one attached hydrogen (secondary N) is 1. The number of benzene rings is 1. The van der Waals surface area contributed by atoms with Crippen molar-refractivity contribution in [3.8, 4) is 0 Å². The first-order valence-electron chi connectivity index (χ1n) is 5.32. The van der Waals surface area contributed by atoms with E-state index < -0.39 is 17.6 Å². The Balaban J connectivity index is 2.36. The minimum Gasteiger partial charge on any atom is -0.384 e. The summed E-state index contributed by atoms with van der Waals surface area (Å²) in [5.74, 6) is -0.983. The molecule has 0 atom stereocenters. The number of aromatic nitrogens is 1. The molecule has 20 heavy (non-hydrogen) atoms. The van der Waals surface area contributed by atoms with Crippen molar-refractivity contribution < 1.29 is 17.6 Å². The van der Waals surface area contributed by atoms with Gasteiger partial charge in [0.2, 0.25) is 0 Å². The van der Waals surface area contributed by atoms with Crippen LogP contribution in [-0.4, -0.2) is 4.98 Å². The highest BCUT2D eigenvalue weighted by molar-refractivity contribution is 6.33. The molecule has 0 radical (unpaired) electrons. The molecule has 1 aromatic heterocycles. The molecule has 0 spiro atoms. The quantitative estimate of drug-likeness (QED) is 0.817. The summed E-state index contributed by atoms with van der Waals surface area (Å²) in [4.78, 5) is 3.72. The lowest BCUT2D eigenvalue weighted by Gasteiger charge is -2.12. The van der Waals surface area contributed by atoms with Crippen LogP contribution < -0.4 is 11.1 Å². The van der Waals surface area contributed by atoms with Crippen molar-refractivity contribution in [3.63, 3.8) is 0 Å². The average Bonchev–Trinajstić information content (AvgIpc) is 2.31. The molecule has 0 aliphatic rings. The highest BCUT2D eigenvalue weighted by Gasteiger charge is 2.31. The summed E-state index contributed by atoms with van der Waals surface area (Å²) in [7, 11) is 0. The Morgan fingerprint density at radius 2 is 1.85 bits per heavy atom. The lowest BCUT2D eigenvalue weighted by Crippen LogP contribution is -2.08. The first-order chi connectivity index (χ1) is 9.25. The van der Waals surface area contributed by atoms with Gasteiger partial charge in [-0.05, 0) is 30.3 Å². The van der Waals surface area contributed by atoms with Gasteiger partial charge >= 0.3 is 6.18 Å². The summed E-state index contributed by atoms with van der Waals surface area (Å²) in [5, 5.41) is 2.58. The predicted octanol–water partition coefficient (Wildman–Crippen LogP) is 4.22. The van der Waals surface area contributed by atoms with E-state index in [0.29, 0.717) is 0 Å². The van der Waals surface area contributed by atoms with Gasteiger partial charge in [0.1, 0.15) is 17.5 Å².